The van der Waals surface area contributed by atoms with Crippen LogP contribution in [-0.4, -0.2) is 12.6 Å². The van der Waals surface area contributed by atoms with E-state index < -0.39 is 0 Å². The van der Waals surface area contributed by atoms with Gasteiger partial charge in [0.25, 0.3) is 0 Å². The van der Waals surface area contributed by atoms with Gasteiger partial charge in [0, 0.05) is 6.08 Å². The lowest BCUT2D eigenvalue weighted by molar-refractivity contribution is -0.137. The van der Waals surface area contributed by atoms with E-state index in [2.05, 4.69) is 13.8 Å². The third-order valence-corrected chi connectivity index (χ3v) is 2.88. The molecule has 2 heteroatoms. The van der Waals surface area contributed by atoms with Crippen LogP contribution in [0.3, 0.4) is 0 Å². The molecule has 0 saturated carbocycles. The molecule has 2 nitrogen and oxygen atoms in total. The van der Waals surface area contributed by atoms with Crippen molar-refractivity contribution in [2.75, 3.05) is 6.61 Å². The van der Waals surface area contributed by atoms with Crippen LogP contribution in [0.2, 0.25) is 0 Å². The Kier molecular flexibility index (Phi) is 7.64. The molecule has 0 heterocycles. The van der Waals surface area contributed by atoms with Crippen LogP contribution in [0.4, 0.5) is 0 Å². The number of esters is 1. The minimum atomic E-state index is -0.257. The highest BCUT2D eigenvalue weighted by Crippen LogP contribution is 2.08. The first-order valence-electron chi connectivity index (χ1n) is 7.08. The van der Waals surface area contributed by atoms with E-state index in [-0.39, 0.29) is 5.97 Å². The van der Waals surface area contributed by atoms with E-state index >= 15 is 0 Å². The van der Waals surface area contributed by atoms with Crippen LogP contribution in [0, 0.1) is 5.92 Å². The van der Waals surface area contributed by atoms with Gasteiger partial charge in [-0.2, -0.15) is 0 Å². The molecule has 0 aliphatic carbocycles. The maximum atomic E-state index is 11.4. The van der Waals surface area contributed by atoms with Gasteiger partial charge in [0.05, 0.1) is 6.61 Å². The number of benzene rings is 1. The Hall–Kier alpha value is -1.57. The van der Waals surface area contributed by atoms with Gasteiger partial charge >= 0.3 is 5.97 Å². The Morgan fingerprint density at radius 3 is 2.58 bits per heavy atom. The fourth-order valence-corrected chi connectivity index (χ4v) is 1.78. The smallest absolute Gasteiger partial charge is 0.330 e. The van der Waals surface area contributed by atoms with Crippen molar-refractivity contribution in [3.05, 3.63) is 42.0 Å². The number of carbonyl (C=O) groups is 1. The highest BCUT2D eigenvalue weighted by Gasteiger charge is 1.98. The van der Waals surface area contributed by atoms with Gasteiger partial charge in [0.2, 0.25) is 0 Å². The molecule has 0 spiro atoms. The molecule has 0 N–H and O–H groups in total. The van der Waals surface area contributed by atoms with Crippen LogP contribution in [0.1, 0.15) is 45.1 Å². The first kappa shape index (κ1) is 15.5. The lowest BCUT2D eigenvalue weighted by Crippen LogP contribution is -2.02. The number of carbonyl (C=O) groups excluding carboxylic acids is 1. The molecule has 104 valence electrons. The number of rotatable bonds is 8. The van der Waals surface area contributed by atoms with Gasteiger partial charge in [-0.3, -0.25) is 0 Å². The fraction of sp³-hybridized carbons (Fsp3) is 0.471. The number of hydrogen-bond donors (Lipinski definition) is 0. The Morgan fingerprint density at radius 2 is 1.89 bits per heavy atom. The largest absolute Gasteiger partial charge is 0.463 e. The van der Waals surface area contributed by atoms with Crippen LogP contribution in [-0.2, 0) is 9.53 Å². The molecule has 0 saturated heterocycles. The third kappa shape index (κ3) is 8.20. The van der Waals surface area contributed by atoms with E-state index in [4.69, 9.17) is 4.74 Å². The first-order chi connectivity index (χ1) is 9.18. The maximum Gasteiger partial charge on any atom is 0.330 e. The second kappa shape index (κ2) is 9.37. The van der Waals surface area contributed by atoms with Crippen LogP contribution in [0.5, 0.6) is 0 Å². The third-order valence-electron chi connectivity index (χ3n) is 2.88. The molecule has 0 fully saturated rings. The predicted molar refractivity (Wildman–Crippen MR) is 79.7 cm³/mol. The van der Waals surface area contributed by atoms with E-state index in [0.717, 1.165) is 24.3 Å². The topological polar surface area (TPSA) is 26.3 Å². The summed E-state index contributed by atoms with van der Waals surface area (Å²) >= 11 is 0. The van der Waals surface area contributed by atoms with Crippen molar-refractivity contribution >= 4 is 12.0 Å². The normalized spacial score (nSPS) is 11.1. The quantitative estimate of drug-likeness (QED) is 0.392. The first-order valence-corrected chi connectivity index (χ1v) is 7.08. The Labute approximate surface area is 116 Å². The predicted octanol–water partition coefficient (Wildman–Crippen LogP) is 4.46. The molecule has 0 bridgehead atoms. The second-order valence-corrected chi connectivity index (χ2v) is 5.15. The molecule has 0 aliphatic heterocycles. The van der Waals surface area contributed by atoms with Crippen molar-refractivity contribution in [2.45, 2.75) is 39.5 Å². The zero-order chi connectivity index (χ0) is 13.9. The average Bonchev–Trinajstić information content (AvgIpc) is 2.41. The zero-order valence-corrected chi connectivity index (χ0v) is 12.0. The summed E-state index contributed by atoms with van der Waals surface area (Å²) in [6.45, 7) is 4.98. The van der Waals surface area contributed by atoms with Crippen molar-refractivity contribution in [3.63, 3.8) is 0 Å². The summed E-state index contributed by atoms with van der Waals surface area (Å²) < 4.78 is 5.15. The van der Waals surface area contributed by atoms with Crippen molar-refractivity contribution < 1.29 is 9.53 Å². The molecular weight excluding hydrogens is 236 g/mol. The number of ether oxygens (including phenoxy) is 1. The summed E-state index contributed by atoms with van der Waals surface area (Å²) in [5.41, 5.74) is 1.01. The fourth-order valence-electron chi connectivity index (χ4n) is 1.78. The SMILES string of the molecule is CC(C)CCCCCOC(=O)C=Cc1ccccc1. The summed E-state index contributed by atoms with van der Waals surface area (Å²) in [6, 6.07) is 9.75. The molecule has 19 heavy (non-hydrogen) atoms. The molecule has 0 unspecified atom stereocenters. The van der Waals surface area contributed by atoms with Gasteiger partial charge in [-0.05, 0) is 24.0 Å². The lowest BCUT2D eigenvalue weighted by atomic mass is 10.1. The number of unbranched alkanes of at least 4 members (excludes halogenated alkanes) is 2. The van der Waals surface area contributed by atoms with E-state index in [9.17, 15) is 4.79 Å². The van der Waals surface area contributed by atoms with Crippen LogP contribution in [0.15, 0.2) is 36.4 Å². The van der Waals surface area contributed by atoms with Gasteiger partial charge in [0.1, 0.15) is 0 Å². The van der Waals surface area contributed by atoms with Crippen molar-refractivity contribution in [1.29, 1.82) is 0 Å². The standard InChI is InChI=1S/C17H24O2/c1-15(2)9-5-4-8-14-19-17(18)13-12-16-10-6-3-7-11-16/h3,6-7,10-13,15H,4-5,8-9,14H2,1-2H3. The molecular formula is C17H24O2. The minimum absolute atomic E-state index is 0.257. The van der Waals surface area contributed by atoms with Gasteiger partial charge in [-0.25, -0.2) is 4.79 Å². The molecule has 0 atom stereocenters. The Bertz CT molecular complexity index is 380. The van der Waals surface area contributed by atoms with Crippen molar-refractivity contribution in [3.8, 4) is 0 Å². The highest BCUT2D eigenvalue weighted by molar-refractivity contribution is 5.86. The van der Waals surface area contributed by atoms with E-state index in [1.54, 1.807) is 6.08 Å². The van der Waals surface area contributed by atoms with E-state index in [0.29, 0.717) is 6.61 Å². The van der Waals surface area contributed by atoms with Crippen molar-refractivity contribution in [2.24, 2.45) is 5.92 Å². The summed E-state index contributed by atoms with van der Waals surface area (Å²) in [6.07, 6.45) is 7.83. The molecule has 0 aromatic heterocycles. The summed E-state index contributed by atoms with van der Waals surface area (Å²) in [4.78, 5) is 11.4. The van der Waals surface area contributed by atoms with E-state index in [1.807, 2.05) is 30.3 Å². The van der Waals surface area contributed by atoms with Gasteiger partial charge in [-0.1, -0.05) is 63.4 Å². The van der Waals surface area contributed by atoms with Crippen LogP contribution >= 0.6 is 0 Å². The molecule has 0 amide bonds. The molecule has 0 radical (unpaired) electrons. The Morgan fingerprint density at radius 1 is 1.16 bits per heavy atom. The second-order valence-electron chi connectivity index (χ2n) is 5.15. The van der Waals surface area contributed by atoms with Crippen LogP contribution < -0.4 is 0 Å². The van der Waals surface area contributed by atoms with Crippen molar-refractivity contribution in [1.82, 2.24) is 0 Å². The molecule has 1 aromatic rings. The molecule has 1 rings (SSSR count). The monoisotopic (exact) mass is 260 g/mol. The van der Waals surface area contributed by atoms with Gasteiger partial charge in [0.15, 0.2) is 0 Å². The summed E-state index contributed by atoms with van der Waals surface area (Å²) in [5, 5.41) is 0. The molecule has 1 aromatic carbocycles. The van der Waals surface area contributed by atoms with Gasteiger partial charge in [-0.15, -0.1) is 0 Å². The lowest BCUT2D eigenvalue weighted by Gasteiger charge is -2.04. The summed E-state index contributed by atoms with van der Waals surface area (Å²) in [5.74, 6) is 0.504. The maximum absolute atomic E-state index is 11.4. The van der Waals surface area contributed by atoms with E-state index in [1.165, 1.54) is 18.9 Å². The van der Waals surface area contributed by atoms with Crippen LogP contribution in [0.25, 0.3) is 6.08 Å². The highest BCUT2D eigenvalue weighted by atomic mass is 16.5. The minimum Gasteiger partial charge on any atom is -0.463 e. The van der Waals surface area contributed by atoms with Gasteiger partial charge < -0.3 is 4.74 Å². The Balaban J connectivity index is 2.10. The average molecular weight is 260 g/mol. The number of hydrogen-bond acceptors (Lipinski definition) is 2. The molecule has 0 aliphatic rings. The summed E-state index contributed by atoms with van der Waals surface area (Å²) in [7, 11) is 0. The zero-order valence-electron chi connectivity index (χ0n) is 12.0.